The Morgan fingerprint density at radius 3 is 2.48 bits per heavy atom. The molecule has 0 bridgehead atoms. The van der Waals surface area contributed by atoms with Crippen LogP contribution in [0.25, 0.3) is 11.3 Å². The fourth-order valence-corrected chi connectivity index (χ4v) is 2.73. The Kier molecular flexibility index (Phi) is 6.99. The summed E-state index contributed by atoms with van der Waals surface area (Å²) in [6, 6.07) is 12.7. The average molecular weight is 450 g/mol. The summed E-state index contributed by atoms with van der Waals surface area (Å²) in [6.45, 7) is -3.56. The molecule has 0 aliphatic carbocycles. The summed E-state index contributed by atoms with van der Waals surface area (Å²) in [4.78, 5) is 35.1. The first-order valence-corrected chi connectivity index (χ1v) is 9.10. The zero-order valence-corrected chi connectivity index (χ0v) is 16.4. The van der Waals surface area contributed by atoms with E-state index < -0.39 is 25.1 Å². The van der Waals surface area contributed by atoms with Gasteiger partial charge in [0, 0.05) is 11.3 Å². The molecule has 0 atom stereocenters. The van der Waals surface area contributed by atoms with Crippen molar-refractivity contribution in [1.82, 2.24) is 0 Å². The van der Waals surface area contributed by atoms with Gasteiger partial charge in [-0.05, 0) is 54.6 Å². The average Bonchev–Trinajstić information content (AvgIpc) is 3.23. The minimum atomic E-state index is -2.95. The molecule has 0 saturated heterocycles. The number of esters is 1. The molecular formula is C21H14ClF2NO6. The van der Waals surface area contributed by atoms with Crippen LogP contribution in [-0.2, 0) is 9.53 Å². The molecule has 1 heterocycles. The van der Waals surface area contributed by atoms with Crippen LogP contribution in [0, 0.1) is 0 Å². The number of ether oxygens (including phenoxy) is 2. The highest BCUT2D eigenvalue weighted by molar-refractivity contribution is 6.33. The smallest absolute Gasteiger partial charge is 0.387 e. The maximum absolute atomic E-state index is 12.4. The van der Waals surface area contributed by atoms with Crippen molar-refractivity contribution in [3.05, 3.63) is 70.9 Å². The van der Waals surface area contributed by atoms with E-state index in [0.717, 1.165) is 0 Å². The minimum absolute atomic E-state index is 0.00419. The van der Waals surface area contributed by atoms with Gasteiger partial charge >= 0.3 is 12.6 Å². The number of anilines is 1. The topological polar surface area (TPSA) is 94.8 Å². The monoisotopic (exact) mass is 449 g/mol. The molecule has 0 spiro atoms. The van der Waals surface area contributed by atoms with Crippen LogP contribution in [0.1, 0.15) is 20.9 Å². The third kappa shape index (κ3) is 5.89. The quantitative estimate of drug-likeness (QED) is 0.392. The highest BCUT2D eigenvalue weighted by Gasteiger charge is 2.16. The predicted molar refractivity (Wildman–Crippen MR) is 107 cm³/mol. The summed E-state index contributed by atoms with van der Waals surface area (Å²) >= 11 is 6.05. The number of carbonyl (C=O) groups excluding carboxylic acids is 3. The second kappa shape index (κ2) is 9.86. The third-order valence-electron chi connectivity index (χ3n) is 3.91. The van der Waals surface area contributed by atoms with E-state index in [2.05, 4.69) is 10.1 Å². The Morgan fingerprint density at radius 1 is 1.10 bits per heavy atom. The summed E-state index contributed by atoms with van der Waals surface area (Å²) in [5.41, 5.74) is 0.788. The molecule has 0 aliphatic rings. The fraction of sp³-hybridized carbons (Fsp3) is 0.0952. The van der Waals surface area contributed by atoms with Crippen molar-refractivity contribution in [2.45, 2.75) is 6.61 Å². The molecule has 0 aliphatic heterocycles. The Bertz CT molecular complexity index is 1100. The van der Waals surface area contributed by atoms with Gasteiger partial charge in [0.15, 0.2) is 18.7 Å². The predicted octanol–water partition coefficient (Wildman–Crippen LogP) is 4.81. The lowest BCUT2D eigenvalue weighted by Crippen LogP contribution is -2.21. The number of nitrogens with one attached hydrogen (secondary N) is 1. The lowest BCUT2D eigenvalue weighted by atomic mass is 10.1. The number of carbonyl (C=O) groups is 3. The van der Waals surface area contributed by atoms with Crippen LogP contribution in [0.15, 0.2) is 59.0 Å². The third-order valence-corrected chi connectivity index (χ3v) is 4.24. The normalized spacial score (nSPS) is 10.6. The highest BCUT2D eigenvalue weighted by atomic mass is 35.5. The van der Waals surface area contributed by atoms with Crippen LogP contribution in [0.3, 0.4) is 0 Å². The van der Waals surface area contributed by atoms with Gasteiger partial charge in [-0.2, -0.15) is 8.78 Å². The number of amides is 1. The van der Waals surface area contributed by atoms with E-state index in [9.17, 15) is 23.2 Å². The number of furan rings is 1. The highest BCUT2D eigenvalue weighted by Crippen LogP contribution is 2.27. The molecule has 7 nitrogen and oxygen atoms in total. The van der Waals surface area contributed by atoms with Crippen LogP contribution in [0.5, 0.6) is 5.75 Å². The molecule has 160 valence electrons. The second-order valence-corrected chi connectivity index (χ2v) is 6.45. The van der Waals surface area contributed by atoms with E-state index in [-0.39, 0.29) is 22.1 Å². The van der Waals surface area contributed by atoms with Crippen molar-refractivity contribution in [1.29, 1.82) is 0 Å². The van der Waals surface area contributed by atoms with Crippen LogP contribution in [0.2, 0.25) is 5.02 Å². The first-order chi connectivity index (χ1) is 14.9. The molecule has 0 saturated carbocycles. The number of hydrogen-bond acceptors (Lipinski definition) is 6. The van der Waals surface area contributed by atoms with Crippen LogP contribution < -0.4 is 10.1 Å². The van der Waals surface area contributed by atoms with Gasteiger partial charge in [-0.3, -0.25) is 9.59 Å². The van der Waals surface area contributed by atoms with Gasteiger partial charge in [-0.15, -0.1) is 0 Å². The molecular weight excluding hydrogens is 436 g/mol. The Labute approximate surface area is 179 Å². The van der Waals surface area contributed by atoms with E-state index in [1.54, 1.807) is 12.1 Å². The van der Waals surface area contributed by atoms with Crippen molar-refractivity contribution in [2.24, 2.45) is 0 Å². The summed E-state index contributed by atoms with van der Waals surface area (Å²) in [5.74, 6) is -1.08. The lowest BCUT2D eigenvalue weighted by Gasteiger charge is -2.09. The van der Waals surface area contributed by atoms with Gasteiger partial charge in [-0.25, -0.2) is 4.79 Å². The first kappa shape index (κ1) is 22.0. The zero-order chi connectivity index (χ0) is 22.4. The molecule has 1 amide bonds. The summed E-state index contributed by atoms with van der Waals surface area (Å²) in [5, 5.41) is 2.55. The molecule has 1 aromatic heterocycles. The Morgan fingerprint density at radius 2 is 1.84 bits per heavy atom. The Hall–Kier alpha value is -3.72. The summed E-state index contributed by atoms with van der Waals surface area (Å²) in [7, 11) is 0. The van der Waals surface area contributed by atoms with Gasteiger partial charge in [0.05, 0.1) is 10.6 Å². The van der Waals surface area contributed by atoms with E-state index >= 15 is 0 Å². The number of halogens is 3. The maximum Gasteiger partial charge on any atom is 0.387 e. The number of benzene rings is 2. The van der Waals surface area contributed by atoms with Crippen molar-refractivity contribution in [3.8, 4) is 17.1 Å². The van der Waals surface area contributed by atoms with E-state index in [0.29, 0.717) is 23.3 Å². The minimum Gasteiger partial charge on any atom is -0.453 e. The van der Waals surface area contributed by atoms with Crippen molar-refractivity contribution < 1.29 is 37.1 Å². The van der Waals surface area contributed by atoms with Gasteiger partial charge in [0.1, 0.15) is 11.5 Å². The lowest BCUT2D eigenvalue weighted by molar-refractivity contribution is -0.119. The SMILES string of the molecule is O=Cc1ccc(-c2ccc(Cl)c(C(=O)OCC(=O)Nc3ccc(OC(F)F)cc3)c2)o1. The fourth-order valence-electron chi connectivity index (χ4n) is 2.53. The number of rotatable bonds is 8. The van der Waals surface area contributed by atoms with Crippen LogP contribution in [-0.4, -0.2) is 31.4 Å². The molecule has 0 unspecified atom stereocenters. The molecule has 3 rings (SSSR count). The maximum atomic E-state index is 12.4. The van der Waals surface area contributed by atoms with Gasteiger partial charge in [-0.1, -0.05) is 11.6 Å². The molecule has 10 heteroatoms. The number of aldehydes is 1. The second-order valence-electron chi connectivity index (χ2n) is 6.04. The summed E-state index contributed by atoms with van der Waals surface area (Å²) < 4.78 is 38.8. The number of alkyl halides is 2. The van der Waals surface area contributed by atoms with E-state index in [4.69, 9.17) is 20.8 Å². The Balaban J connectivity index is 1.60. The molecule has 3 aromatic rings. The zero-order valence-electron chi connectivity index (χ0n) is 15.6. The largest absolute Gasteiger partial charge is 0.453 e. The molecule has 0 fully saturated rings. The van der Waals surface area contributed by atoms with E-state index in [1.165, 1.54) is 42.5 Å². The van der Waals surface area contributed by atoms with Crippen molar-refractivity contribution in [2.75, 3.05) is 11.9 Å². The first-order valence-electron chi connectivity index (χ1n) is 8.72. The van der Waals surface area contributed by atoms with Gasteiger partial charge in [0.25, 0.3) is 5.91 Å². The van der Waals surface area contributed by atoms with Crippen LogP contribution in [0.4, 0.5) is 14.5 Å². The molecule has 2 aromatic carbocycles. The molecule has 31 heavy (non-hydrogen) atoms. The number of hydrogen-bond donors (Lipinski definition) is 1. The van der Waals surface area contributed by atoms with Gasteiger partial charge < -0.3 is 19.2 Å². The molecule has 1 N–H and O–H groups in total. The standard InChI is InChI=1S/C21H14ClF2NO6/c22-17-7-1-12(18-8-6-15(10-26)30-18)9-16(17)20(28)29-11-19(27)25-13-2-4-14(5-3-13)31-21(23)24/h1-10,21H,11H2,(H,25,27). The van der Waals surface area contributed by atoms with Crippen molar-refractivity contribution in [3.63, 3.8) is 0 Å². The van der Waals surface area contributed by atoms with E-state index in [1.807, 2.05) is 0 Å². The van der Waals surface area contributed by atoms with Gasteiger partial charge in [0.2, 0.25) is 0 Å². The molecule has 0 radical (unpaired) electrons. The van der Waals surface area contributed by atoms with Crippen molar-refractivity contribution >= 4 is 35.5 Å². The van der Waals surface area contributed by atoms with Crippen LogP contribution >= 0.6 is 11.6 Å². The summed E-state index contributed by atoms with van der Waals surface area (Å²) in [6.07, 6.45) is 0.548.